The molecule has 0 radical (unpaired) electrons. The molecule has 1 aliphatic heterocycles. The van der Waals surface area contributed by atoms with Crippen LogP contribution in [-0.4, -0.2) is 38.3 Å². The number of nitrogens with two attached hydrogens (primary N) is 1. The zero-order chi connectivity index (χ0) is 20.3. The third-order valence-corrected chi connectivity index (χ3v) is 4.64. The Morgan fingerprint density at radius 3 is 2.75 bits per heavy atom. The van der Waals surface area contributed by atoms with Gasteiger partial charge in [-0.1, -0.05) is 10.4 Å². The quantitative estimate of drug-likeness (QED) is 0.165. The first-order chi connectivity index (χ1) is 13.4. The van der Waals surface area contributed by atoms with Crippen molar-refractivity contribution in [1.29, 1.82) is 0 Å². The molecule has 28 heavy (non-hydrogen) atoms. The van der Waals surface area contributed by atoms with E-state index in [1.807, 2.05) is 9.89 Å². The number of fused-ring (bicyclic) bond motifs is 1. The Bertz CT molecular complexity index is 986. The van der Waals surface area contributed by atoms with Crippen molar-refractivity contribution in [3.63, 3.8) is 0 Å². The summed E-state index contributed by atoms with van der Waals surface area (Å²) in [6.45, 7) is -0.528. The maximum absolute atomic E-state index is 13.7. The molecule has 0 saturated carbocycles. The van der Waals surface area contributed by atoms with Crippen LogP contribution >= 0.6 is 7.67 Å². The first-order valence-corrected chi connectivity index (χ1v) is 8.91. The summed E-state index contributed by atoms with van der Waals surface area (Å²) in [4.78, 5) is 47.0. The van der Waals surface area contributed by atoms with Gasteiger partial charge in [-0.3, -0.25) is 9.09 Å². The molecule has 16 nitrogen and oxygen atoms in total. The molecule has 148 valence electrons. The molecule has 1 fully saturated rings. The van der Waals surface area contributed by atoms with E-state index in [-0.39, 0.29) is 23.4 Å². The van der Waals surface area contributed by atoms with Crippen LogP contribution in [0.15, 0.2) is 31.7 Å². The normalized spacial score (nSPS) is 22.7. The Morgan fingerprint density at radius 2 is 2.11 bits per heavy atom. The van der Waals surface area contributed by atoms with Crippen LogP contribution in [0.5, 0.6) is 0 Å². The van der Waals surface area contributed by atoms with E-state index < -0.39 is 38.7 Å². The van der Waals surface area contributed by atoms with E-state index in [2.05, 4.69) is 35.0 Å². The minimum absolute atomic E-state index is 0.0309. The van der Waals surface area contributed by atoms with Crippen molar-refractivity contribution in [1.82, 2.24) is 19.5 Å². The van der Waals surface area contributed by atoms with Gasteiger partial charge >= 0.3 is 13.7 Å². The molecule has 18 heteroatoms. The third kappa shape index (κ3) is 3.62. The summed E-state index contributed by atoms with van der Waals surface area (Å²) >= 11 is 0. The van der Waals surface area contributed by atoms with Crippen LogP contribution in [0.1, 0.15) is 12.6 Å². The number of nitroso groups, excluding NO2 is 3. The summed E-state index contributed by atoms with van der Waals surface area (Å²) in [7, 11) is -4.58. The molecular weight excluding hydrogens is 406 g/mol. The van der Waals surface area contributed by atoms with Crippen molar-refractivity contribution in [3.8, 4) is 0 Å². The molecule has 3 atom stereocenters. The van der Waals surface area contributed by atoms with Gasteiger partial charge in [0.25, 0.3) is 0 Å². The molecule has 0 aliphatic carbocycles. The molecular formula is C10H10FN10O6P. The van der Waals surface area contributed by atoms with E-state index in [0.717, 1.165) is 0 Å². The van der Waals surface area contributed by atoms with Gasteiger partial charge < -0.3 is 10.6 Å². The predicted molar refractivity (Wildman–Crippen MR) is 87.2 cm³/mol. The second-order valence-electron chi connectivity index (χ2n) is 5.36. The molecule has 3 heterocycles. The first kappa shape index (κ1) is 19.6. The lowest BCUT2D eigenvalue weighted by molar-refractivity contribution is -0.0189. The Morgan fingerprint density at radius 1 is 1.36 bits per heavy atom. The summed E-state index contributed by atoms with van der Waals surface area (Å²) in [5, 5.41) is 9.39. The van der Waals surface area contributed by atoms with E-state index in [4.69, 9.17) is 10.6 Å². The van der Waals surface area contributed by atoms with Crippen molar-refractivity contribution >= 4 is 24.7 Å². The second kappa shape index (κ2) is 7.83. The molecule has 1 saturated heterocycles. The molecule has 2 aromatic heterocycles. The summed E-state index contributed by atoms with van der Waals surface area (Å²) in [5.41, 5.74) is -0.0479. The minimum atomic E-state index is -4.58. The monoisotopic (exact) mass is 416 g/mol. The van der Waals surface area contributed by atoms with Crippen molar-refractivity contribution in [2.45, 2.75) is 24.8 Å². The number of hydrogen-bond acceptors (Lipinski definition) is 12. The van der Waals surface area contributed by atoms with E-state index in [0.29, 0.717) is 0 Å². The number of aromatic nitrogens is 4. The van der Waals surface area contributed by atoms with Crippen LogP contribution in [0.2, 0.25) is 0 Å². The maximum atomic E-state index is 13.7. The van der Waals surface area contributed by atoms with Crippen LogP contribution in [-0.2, 0) is 13.8 Å². The number of rotatable bonds is 8. The van der Waals surface area contributed by atoms with E-state index >= 15 is 0 Å². The van der Waals surface area contributed by atoms with Crippen LogP contribution in [0.3, 0.4) is 0 Å². The number of halogens is 1. The summed E-state index contributed by atoms with van der Waals surface area (Å²) < 4.78 is 36.5. The highest BCUT2D eigenvalue weighted by molar-refractivity contribution is 7.55. The van der Waals surface area contributed by atoms with Crippen molar-refractivity contribution in [2.75, 3.05) is 6.61 Å². The number of imidazole rings is 1. The zero-order valence-electron chi connectivity index (χ0n) is 13.6. The van der Waals surface area contributed by atoms with E-state index in [9.17, 15) is 23.7 Å². The van der Waals surface area contributed by atoms with E-state index in [1.54, 1.807) is 0 Å². The zero-order valence-corrected chi connectivity index (χ0v) is 14.5. The van der Waals surface area contributed by atoms with Crippen LogP contribution in [0.25, 0.3) is 11.2 Å². The fourth-order valence-electron chi connectivity index (χ4n) is 2.61. The highest BCUT2D eigenvalue weighted by Crippen LogP contribution is 2.50. The first-order valence-electron chi connectivity index (χ1n) is 7.38. The number of ether oxygens (including phenoxy) is 1. The lowest BCUT2D eigenvalue weighted by atomic mass is 10.2. The largest absolute Gasteiger partial charge is 0.504 e. The van der Waals surface area contributed by atoms with Gasteiger partial charge in [0.1, 0.15) is 6.04 Å². The average molecular weight is 416 g/mol. The van der Waals surface area contributed by atoms with E-state index in [1.165, 1.54) is 10.9 Å². The van der Waals surface area contributed by atoms with Gasteiger partial charge in [-0.2, -0.15) is 19.3 Å². The van der Waals surface area contributed by atoms with Gasteiger partial charge in [0.05, 0.1) is 19.0 Å². The van der Waals surface area contributed by atoms with Gasteiger partial charge in [0.2, 0.25) is 5.82 Å². The molecule has 0 spiro atoms. The number of nitrogens with zero attached hydrogens (tertiary/aromatic N) is 9. The third-order valence-electron chi connectivity index (χ3n) is 3.74. The van der Waals surface area contributed by atoms with Crippen LogP contribution in [0, 0.1) is 20.8 Å². The van der Waals surface area contributed by atoms with Gasteiger partial charge in [-0.15, -0.1) is 14.9 Å². The molecule has 0 amide bonds. The summed E-state index contributed by atoms with van der Waals surface area (Å²) in [6, 6.07) is -1.00. The molecule has 2 N–H and O–H groups in total. The average Bonchev–Trinajstić information content (AvgIpc) is 3.29. The molecule has 0 aromatic carbocycles. The standard InChI is InChI=1S/C10H10FN10O6P/c11-10-14-7(16-18-12)6-8(15-10)21(3-13-6)9-5(17-22)1-4(27-9)2-26-28(25,19-23)20-24/h3-5,9H,1-2H2,(H2,12,14,15,16)/t4-,5-,9+/m0/s1. The molecule has 0 unspecified atom stereocenters. The fraction of sp³-hybridized carbons (Fsp3) is 0.500. The van der Waals surface area contributed by atoms with Crippen molar-refractivity contribution in [2.24, 2.45) is 31.3 Å². The second-order valence-corrected chi connectivity index (χ2v) is 6.93. The lowest BCUT2D eigenvalue weighted by Gasteiger charge is -2.16. The topological polar surface area (TPSA) is 218 Å². The Labute approximate surface area is 153 Å². The van der Waals surface area contributed by atoms with Gasteiger partial charge in [-0.05, 0) is 0 Å². The molecule has 1 aliphatic rings. The van der Waals surface area contributed by atoms with Gasteiger partial charge in [-0.25, -0.2) is 9.55 Å². The van der Waals surface area contributed by atoms with Gasteiger partial charge in [0, 0.05) is 16.3 Å². The SMILES string of the molecule is NN=Nc1nc(F)nc2c1ncn2[C@@H]1O[C@H](COP(=O)(N=O)N=O)C[C@@H]1N=O. The summed E-state index contributed by atoms with van der Waals surface area (Å²) in [6.07, 6.45) is -2.00. The molecule has 3 rings (SSSR count). The maximum Gasteiger partial charge on any atom is 0.504 e. The Kier molecular flexibility index (Phi) is 5.48. The fourth-order valence-corrected chi connectivity index (χ4v) is 3.10. The highest BCUT2D eigenvalue weighted by Gasteiger charge is 2.40. The predicted octanol–water partition coefficient (Wildman–Crippen LogP) is 2.00. The smallest absolute Gasteiger partial charge is 0.350 e. The molecule has 0 bridgehead atoms. The van der Waals surface area contributed by atoms with Crippen molar-refractivity contribution in [3.05, 3.63) is 27.1 Å². The van der Waals surface area contributed by atoms with Crippen LogP contribution in [0.4, 0.5) is 10.2 Å². The van der Waals surface area contributed by atoms with Gasteiger partial charge in [0.15, 0.2) is 17.4 Å². The lowest BCUT2D eigenvalue weighted by Crippen LogP contribution is -2.18. The number of hydrogen-bond donors (Lipinski definition) is 1. The Balaban J connectivity index is 1.88. The van der Waals surface area contributed by atoms with Crippen molar-refractivity contribution < 1.29 is 18.2 Å². The minimum Gasteiger partial charge on any atom is -0.350 e. The van der Waals surface area contributed by atoms with Crippen LogP contribution < -0.4 is 5.84 Å². The highest BCUT2D eigenvalue weighted by atomic mass is 31.2. The Hall–Kier alpha value is -3.17. The summed E-state index contributed by atoms with van der Waals surface area (Å²) in [5.74, 6) is 4.70. The molecule has 2 aromatic rings.